The lowest BCUT2D eigenvalue weighted by atomic mass is 10.0. The fourth-order valence-corrected chi connectivity index (χ4v) is 2.12. The minimum atomic E-state index is -0.809. The summed E-state index contributed by atoms with van der Waals surface area (Å²) < 4.78 is 4.53. The summed E-state index contributed by atoms with van der Waals surface area (Å²) in [6.07, 6.45) is 20.5. The molecule has 4 heteroatoms. The lowest BCUT2D eigenvalue weighted by Gasteiger charge is -2.15. The Morgan fingerprint density at radius 1 is 0.880 bits per heavy atom. The van der Waals surface area contributed by atoms with E-state index in [0.717, 1.165) is 25.7 Å². The number of aliphatic hydroxyl groups excluding tert-OH is 2. The second-order valence-corrected chi connectivity index (χ2v) is 5.84. The molecule has 0 heterocycles. The first-order valence-electron chi connectivity index (χ1n) is 9.14. The van der Waals surface area contributed by atoms with Gasteiger partial charge in [-0.15, -0.1) is 0 Å². The number of hydrogen-bond donors (Lipinski definition) is 2. The van der Waals surface area contributed by atoms with Crippen LogP contribution in [0.1, 0.15) is 58.3 Å². The van der Waals surface area contributed by atoms with Crippen molar-refractivity contribution in [1.82, 2.24) is 0 Å². The van der Waals surface area contributed by atoms with E-state index in [4.69, 9.17) is 0 Å². The van der Waals surface area contributed by atoms with Crippen molar-refractivity contribution in [3.8, 4) is 0 Å². The van der Waals surface area contributed by atoms with Crippen LogP contribution in [0.4, 0.5) is 0 Å². The van der Waals surface area contributed by atoms with E-state index in [1.165, 1.54) is 7.11 Å². The molecule has 0 aromatic rings. The van der Waals surface area contributed by atoms with E-state index >= 15 is 0 Å². The first-order chi connectivity index (χ1) is 12.1. The maximum atomic E-state index is 11.0. The van der Waals surface area contributed by atoms with Crippen molar-refractivity contribution in [3.63, 3.8) is 0 Å². The van der Waals surface area contributed by atoms with E-state index < -0.39 is 12.2 Å². The third kappa shape index (κ3) is 15.6. The summed E-state index contributed by atoms with van der Waals surface area (Å²) in [6, 6.07) is 0. The van der Waals surface area contributed by atoms with E-state index in [1.54, 1.807) is 0 Å². The van der Waals surface area contributed by atoms with Gasteiger partial charge in [0.25, 0.3) is 0 Å². The summed E-state index contributed by atoms with van der Waals surface area (Å²) in [5.74, 6) is -0.291. The highest BCUT2D eigenvalue weighted by Gasteiger charge is 2.14. The van der Waals surface area contributed by atoms with Crippen LogP contribution >= 0.6 is 0 Å². The van der Waals surface area contributed by atoms with Crippen LogP contribution in [0.5, 0.6) is 0 Å². The van der Waals surface area contributed by atoms with Crippen LogP contribution in [0.3, 0.4) is 0 Å². The second kappa shape index (κ2) is 17.2. The van der Waals surface area contributed by atoms with E-state index in [0.29, 0.717) is 19.3 Å². The lowest BCUT2D eigenvalue weighted by molar-refractivity contribution is -0.140. The monoisotopic (exact) mass is 350 g/mol. The van der Waals surface area contributed by atoms with Crippen LogP contribution < -0.4 is 0 Å². The van der Waals surface area contributed by atoms with Crippen LogP contribution in [0.2, 0.25) is 0 Å². The van der Waals surface area contributed by atoms with Crippen molar-refractivity contribution in [2.24, 2.45) is 0 Å². The van der Waals surface area contributed by atoms with Gasteiger partial charge in [0.1, 0.15) is 0 Å². The molecule has 0 aromatic heterocycles. The van der Waals surface area contributed by atoms with E-state index in [9.17, 15) is 15.0 Å². The van der Waals surface area contributed by atoms with E-state index in [-0.39, 0.29) is 12.4 Å². The first kappa shape index (κ1) is 23.4. The summed E-state index contributed by atoms with van der Waals surface area (Å²) in [7, 11) is 1.34. The second-order valence-electron chi connectivity index (χ2n) is 5.84. The fourth-order valence-electron chi connectivity index (χ4n) is 2.12. The zero-order chi connectivity index (χ0) is 18.8. The predicted molar refractivity (Wildman–Crippen MR) is 103 cm³/mol. The Hall–Kier alpha value is -1.65. The molecule has 142 valence electrons. The third-order valence-electron chi connectivity index (χ3n) is 3.65. The maximum absolute atomic E-state index is 11.0. The Morgan fingerprint density at radius 3 is 1.92 bits per heavy atom. The molecule has 0 aliphatic heterocycles. The van der Waals surface area contributed by atoms with Crippen LogP contribution in [0.15, 0.2) is 48.6 Å². The zero-order valence-corrected chi connectivity index (χ0v) is 15.6. The van der Waals surface area contributed by atoms with Crippen molar-refractivity contribution >= 4 is 5.97 Å². The fraction of sp³-hybridized carbons (Fsp3) is 0.571. The molecule has 25 heavy (non-hydrogen) atoms. The lowest BCUT2D eigenvalue weighted by Crippen LogP contribution is -2.25. The SMILES string of the molecule is CC/C=C\C/C=C\C/C=C\C/C=C\CC(O)C(O)CCCC(=O)OC. The number of methoxy groups -OCH3 is 1. The van der Waals surface area contributed by atoms with Crippen molar-refractivity contribution in [1.29, 1.82) is 0 Å². The molecule has 0 fully saturated rings. The Balaban J connectivity index is 3.73. The normalized spacial score (nSPS) is 14.9. The minimum absolute atomic E-state index is 0.268. The molecule has 0 aromatic carbocycles. The molecular formula is C21H34O4. The van der Waals surface area contributed by atoms with Crippen molar-refractivity contribution in [2.45, 2.75) is 70.5 Å². The van der Waals surface area contributed by atoms with Gasteiger partial charge in [-0.1, -0.05) is 55.5 Å². The molecule has 0 saturated carbocycles. The highest BCUT2D eigenvalue weighted by molar-refractivity contribution is 5.68. The van der Waals surface area contributed by atoms with Crippen molar-refractivity contribution in [2.75, 3.05) is 7.11 Å². The topological polar surface area (TPSA) is 66.8 Å². The van der Waals surface area contributed by atoms with Gasteiger partial charge < -0.3 is 14.9 Å². The Labute approximate surface area is 152 Å². The van der Waals surface area contributed by atoms with Crippen LogP contribution in [-0.2, 0) is 9.53 Å². The van der Waals surface area contributed by atoms with Crippen LogP contribution in [0.25, 0.3) is 0 Å². The number of hydrogen-bond acceptors (Lipinski definition) is 4. The molecule has 2 unspecified atom stereocenters. The Bertz CT molecular complexity index is 435. The quantitative estimate of drug-likeness (QED) is 0.363. The van der Waals surface area contributed by atoms with Gasteiger partial charge in [-0.2, -0.15) is 0 Å². The van der Waals surface area contributed by atoms with Crippen LogP contribution in [0, 0.1) is 0 Å². The van der Waals surface area contributed by atoms with Gasteiger partial charge >= 0.3 is 5.97 Å². The summed E-state index contributed by atoms with van der Waals surface area (Å²) in [4.78, 5) is 11.0. The van der Waals surface area contributed by atoms with E-state index in [1.807, 2.05) is 12.2 Å². The molecule has 2 atom stereocenters. The van der Waals surface area contributed by atoms with Gasteiger partial charge in [0, 0.05) is 6.42 Å². The molecule has 0 saturated heterocycles. The predicted octanol–water partition coefficient (Wildman–Crippen LogP) is 4.25. The van der Waals surface area contributed by atoms with Gasteiger partial charge in [-0.3, -0.25) is 4.79 Å². The van der Waals surface area contributed by atoms with Crippen molar-refractivity contribution < 1.29 is 19.7 Å². The summed E-state index contributed by atoms with van der Waals surface area (Å²) in [5, 5.41) is 19.7. The Morgan fingerprint density at radius 2 is 1.40 bits per heavy atom. The molecule has 0 aliphatic carbocycles. The molecule has 0 aliphatic rings. The van der Waals surface area contributed by atoms with Gasteiger partial charge in [0.05, 0.1) is 19.3 Å². The average Bonchev–Trinajstić information content (AvgIpc) is 2.62. The van der Waals surface area contributed by atoms with Crippen LogP contribution in [-0.4, -0.2) is 35.5 Å². The molecule has 0 radical (unpaired) electrons. The molecule has 0 bridgehead atoms. The first-order valence-corrected chi connectivity index (χ1v) is 9.14. The molecule has 4 nitrogen and oxygen atoms in total. The minimum Gasteiger partial charge on any atom is -0.469 e. The smallest absolute Gasteiger partial charge is 0.305 e. The average molecular weight is 350 g/mol. The summed E-state index contributed by atoms with van der Waals surface area (Å²) >= 11 is 0. The molecule has 0 spiro atoms. The number of allylic oxidation sites excluding steroid dienone is 7. The number of carbonyl (C=O) groups is 1. The van der Waals surface area contributed by atoms with Crippen molar-refractivity contribution in [3.05, 3.63) is 48.6 Å². The highest BCUT2D eigenvalue weighted by atomic mass is 16.5. The number of ether oxygens (including phenoxy) is 1. The number of aliphatic hydroxyl groups is 2. The Kier molecular flexibility index (Phi) is 16.0. The summed E-state index contributed by atoms with van der Waals surface area (Å²) in [5.41, 5.74) is 0. The van der Waals surface area contributed by atoms with Gasteiger partial charge in [-0.05, 0) is 44.9 Å². The maximum Gasteiger partial charge on any atom is 0.305 e. The zero-order valence-electron chi connectivity index (χ0n) is 15.6. The third-order valence-corrected chi connectivity index (χ3v) is 3.65. The largest absolute Gasteiger partial charge is 0.469 e. The van der Waals surface area contributed by atoms with Gasteiger partial charge in [0.2, 0.25) is 0 Å². The number of carbonyl (C=O) groups excluding carboxylic acids is 1. The number of rotatable bonds is 14. The van der Waals surface area contributed by atoms with E-state index in [2.05, 4.69) is 48.1 Å². The standard InChI is InChI=1S/C21H34O4/c1-3-4-5-6-7-8-9-10-11-12-13-14-16-19(22)20(23)17-15-18-21(24)25-2/h4-5,7-8,10-11,13-14,19-20,22-23H,3,6,9,12,15-18H2,1-2H3/b5-4-,8-7-,11-10-,14-13-. The van der Waals surface area contributed by atoms with Gasteiger partial charge in [-0.25, -0.2) is 0 Å². The molecular weight excluding hydrogens is 316 g/mol. The molecule has 2 N–H and O–H groups in total. The number of esters is 1. The van der Waals surface area contributed by atoms with Gasteiger partial charge in [0.15, 0.2) is 0 Å². The molecule has 0 rings (SSSR count). The summed E-state index contributed by atoms with van der Waals surface area (Å²) in [6.45, 7) is 2.13. The molecule has 0 amide bonds. The highest BCUT2D eigenvalue weighted by Crippen LogP contribution is 2.09.